The summed E-state index contributed by atoms with van der Waals surface area (Å²) in [4.78, 5) is 0. The van der Waals surface area contributed by atoms with Gasteiger partial charge in [-0.3, -0.25) is 0 Å². The van der Waals surface area contributed by atoms with Crippen molar-refractivity contribution in [3.05, 3.63) is 170 Å². The summed E-state index contributed by atoms with van der Waals surface area (Å²) in [7, 11) is 0. The molecule has 0 spiro atoms. The fraction of sp³-hybridized carbons (Fsp3) is 0. The van der Waals surface area contributed by atoms with Crippen LogP contribution in [-0.4, -0.2) is 0 Å². The Balaban J connectivity index is 1.38. The second-order valence-corrected chi connectivity index (χ2v) is 11.3. The summed E-state index contributed by atoms with van der Waals surface area (Å²) in [5.74, 6) is 0. The van der Waals surface area contributed by atoms with E-state index < -0.39 is 60.4 Å². The van der Waals surface area contributed by atoms with Gasteiger partial charge in [0.05, 0.1) is 19.2 Å². The largest absolute Gasteiger partial charge is 0.456 e. The van der Waals surface area contributed by atoms with Crippen molar-refractivity contribution in [1.82, 2.24) is 0 Å². The normalized spacial score (nSPS) is 16.0. The van der Waals surface area contributed by atoms with Crippen LogP contribution in [0.3, 0.4) is 0 Å². The quantitative estimate of drug-likeness (QED) is 0.181. The molecule has 9 aromatic carbocycles. The van der Waals surface area contributed by atoms with Crippen LogP contribution in [0.4, 0.5) is 0 Å². The molecule has 1 aromatic heterocycles. The van der Waals surface area contributed by atoms with Gasteiger partial charge in [0.15, 0.2) is 0 Å². The highest BCUT2D eigenvalue weighted by molar-refractivity contribution is 6.26. The molecule has 47 heavy (non-hydrogen) atoms. The first-order valence-electron chi connectivity index (χ1n) is 22.0. The molecule has 10 rings (SSSR count). The van der Waals surface area contributed by atoms with Gasteiger partial charge in [0.1, 0.15) is 11.2 Å². The predicted octanol–water partition coefficient (Wildman–Crippen LogP) is 13.2. The van der Waals surface area contributed by atoms with Gasteiger partial charge in [0.2, 0.25) is 0 Å². The molecule has 1 heteroatoms. The highest BCUT2D eigenvalue weighted by Gasteiger charge is 2.21. The minimum absolute atomic E-state index is 0.0236. The first kappa shape index (κ1) is 15.9. The van der Waals surface area contributed by atoms with Crippen molar-refractivity contribution in [1.29, 1.82) is 0 Å². The van der Waals surface area contributed by atoms with Gasteiger partial charge in [-0.05, 0) is 107 Å². The molecule has 0 fully saturated rings. The molecular weight excluding hydrogens is 569 g/mol. The highest BCUT2D eigenvalue weighted by Crippen LogP contribution is 2.48. The van der Waals surface area contributed by atoms with Crippen LogP contribution in [0.5, 0.6) is 0 Å². The molecule has 0 saturated heterocycles. The molecule has 0 saturated carbocycles. The summed E-state index contributed by atoms with van der Waals surface area (Å²) < 4.78 is 129. The Hall–Kier alpha value is -6.18. The molecule has 0 unspecified atom stereocenters. The van der Waals surface area contributed by atoms with Crippen LogP contribution in [0, 0.1) is 0 Å². The number of rotatable bonds is 3. The predicted molar refractivity (Wildman–Crippen MR) is 200 cm³/mol. The van der Waals surface area contributed by atoms with Crippen molar-refractivity contribution < 1.29 is 23.6 Å². The zero-order valence-corrected chi connectivity index (χ0v) is 24.5. The standard InChI is InChI=1S/C46H28O/c1-2-13-29(14-3-1)40-27-33(25-32-17-6-7-18-34(32)40)44-35-19-8-10-21-37(35)45(38-22-11-9-20-36(38)44)39-23-12-24-42-46(39)41-26-30-15-4-5-16-31(30)28-43(41)47-42/h1-28H/i1D,2D,3D,4D,5D,12D,13D,14D,15D,16D,23D,24D,26D,28D. The molecular formula is C46H28O. The van der Waals surface area contributed by atoms with Crippen LogP contribution in [0.25, 0.3) is 98.4 Å². The van der Waals surface area contributed by atoms with Crippen molar-refractivity contribution in [3.8, 4) is 33.4 Å². The summed E-state index contributed by atoms with van der Waals surface area (Å²) in [5.41, 5.74) is 2.11. The van der Waals surface area contributed by atoms with Crippen LogP contribution in [0.1, 0.15) is 19.2 Å². The highest BCUT2D eigenvalue weighted by atomic mass is 16.3. The lowest BCUT2D eigenvalue weighted by Gasteiger charge is -2.19. The fourth-order valence-electron chi connectivity index (χ4n) is 6.86. The number of fused-ring (bicyclic) bond motifs is 7. The van der Waals surface area contributed by atoms with Gasteiger partial charge in [0.25, 0.3) is 0 Å². The molecule has 1 nitrogen and oxygen atoms in total. The molecule has 0 aliphatic rings. The number of furan rings is 1. The van der Waals surface area contributed by atoms with E-state index in [0.717, 1.165) is 10.9 Å². The lowest BCUT2D eigenvalue weighted by molar-refractivity contribution is 0.669. The Kier molecular flexibility index (Phi) is 3.44. The van der Waals surface area contributed by atoms with E-state index in [0.29, 0.717) is 43.6 Å². The van der Waals surface area contributed by atoms with Gasteiger partial charge in [-0.25, -0.2) is 0 Å². The minimum atomic E-state index is -0.579. The zero-order chi connectivity index (χ0) is 43.1. The average molecular weight is 611 g/mol. The summed E-state index contributed by atoms with van der Waals surface area (Å²) in [6, 6.07) is 19.8. The molecule has 0 radical (unpaired) electrons. The van der Waals surface area contributed by atoms with Crippen molar-refractivity contribution >= 4 is 65.0 Å². The molecule has 0 aliphatic heterocycles. The Bertz CT molecular complexity index is 3560. The smallest absolute Gasteiger partial charge is 0.136 e. The van der Waals surface area contributed by atoms with Crippen LogP contribution in [0.15, 0.2) is 174 Å². The Morgan fingerprint density at radius 2 is 1.02 bits per heavy atom. The molecule has 10 aromatic rings. The van der Waals surface area contributed by atoms with E-state index in [-0.39, 0.29) is 68.0 Å². The van der Waals surface area contributed by atoms with Gasteiger partial charge in [-0.2, -0.15) is 0 Å². The van der Waals surface area contributed by atoms with E-state index in [1.54, 1.807) is 0 Å². The maximum Gasteiger partial charge on any atom is 0.136 e. The van der Waals surface area contributed by atoms with Crippen LogP contribution >= 0.6 is 0 Å². The first-order chi connectivity index (χ1) is 29.1. The number of benzene rings is 9. The van der Waals surface area contributed by atoms with E-state index in [2.05, 4.69) is 0 Å². The topological polar surface area (TPSA) is 13.1 Å². The van der Waals surface area contributed by atoms with Crippen LogP contribution in [-0.2, 0) is 0 Å². The average Bonchev–Trinajstić information content (AvgIpc) is 3.67. The molecule has 0 amide bonds. The molecule has 1 heterocycles. The lowest BCUT2D eigenvalue weighted by atomic mass is 9.83. The van der Waals surface area contributed by atoms with Crippen LogP contribution < -0.4 is 0 Å². The number of hydrogen-bond donors (Lipinski definition) is 0. The second kappa shape index (κ2) is 10.2. The minimum Gasteiger partial charge on any atom is -0.456 e. The first-order valence-corrected chi connectivity index (χ1v) is 15.0. The van der Waals surface area contributed by atoms with E-state index in [1.807, 2.05) is 84.9 Å². The third kappa shape index (κ3) is 3.97. The third-order valence-corrected chi connectivity index (χ3v) is 8.80. The molecule has 0 aliphatic carbocycles. The maximum absolute atomic E-state index is 9.51. The molecule has 0 atom stereocenters. The zero-order valence-electron chi connectivity index (χ0n) is 38.5. The summed E-state index contributed by atoms with van der Waals surface area (Å²) in [6.45, 7) is 0. The van der Waals surface area contributed by atoms with E-state index in [9.17, 15) is 2.74 Å². The van der Waals surface area contributed by atoms with E-state index >= 15 is 0 Å². The molecule has 0 N–H and O–H groups in total. The van der Waals surface area contributed by atoms with E-state index in [4.69, 9.17) is 20.9 Å². The SMILES string of the molecule is [2H]c1c([2H])c([2H])c(-c2cc(-c3c4ccccc4c(-c4c([2H])c([2H])c([2H])c5oc6c([2H])c7c([2H])c([2H])c([2H])c([2H])c7c([2H])c6c45)c4ccccc34)cc3ccccc23)c([2H])c1[2H]. The second-order valence-electron chi connectivity index (χ2n) is 11.3. The summed E-state index contributed by atoms with van der Waals surface area (Å²) in [6.07, 6.45) is 0. The Labute approximate surface area is 291 Å². The summed E-state index contributed by atoms with van der Waals surface area (Å²) in [5, 5.41) is 3.66. The fourth-order valence-corrected chi connectivity index (χ4v) is 6.86. The molecule has 0 bridgehead atoms. The van der Waals surface area contributed by atoms with Crippen molar-refractivity contribution in [2.75, 3.05) is 0 Å². The van der Waals surface area contributed by atoms with Gasteiger partial charge < -0.3 is 4.42 Å². The van der Waals surface area contributed by atoms with Gasteiger partial charge in [-0.1, -0.05) is 139 Å². The summed E-state index contributed by atoms with van der Waals surface area (Å²) >= 11 is 0. The van der Waals surface area contributed by atoms with Gasteiger partial charge in [0, 0.05) is 10.8 Å². The van der Waals surface area contributed by atoms with Crippen molar-refractivity contribution in [3.63, 3.8) is 0 Å². The Morgan fingerprint density at radius 1 is 0.404 bits per heavy atom. The van der Waals surface area contributed by atoms with Gasteiger partial charge in [-0.15, -0.1) is 0 Å². The van der Waals surface area contributed by atoms with Crippen molar-refractivity contribution in [2.24, 2.45) is 0 Å². The third-order valence-electron chi connectivity index (χ3n) is 8.80. The van der Waals surface area contributed by atoms with Crippen LogP contribution in [0.2, 0.25) is 0 Å². The number of hydrogen-bond acceptors (Lipinski definition) is 1. The van der Waals surface area contributed by atoms with Crippen molar-refractivity contribution in [2.45, 2.75) is 0 Å². The Morgan fingerprint density at radius 3 is 1.74 bits per heavy atom. The lowest BCUT2D eigenvalue weighted by Crippen LogP contribution is -1.92. The van der Waals surface area contributed by atoms with E-state index in [1.165, 1.54) is 0 Å². The maximum atomic E-state index is 9.51. The van der Waals surface area contributed by atoms with Gasteiger partial charge >= 0.3 is 0 Å². The monoisotopic (exact) mass is 610 g/mol. The molecule has 218 valence electrons.